The maximum atomic E-state index is 4.69. The summed E-state index contributed by atoms with van der Waals surface area (Å²) in [5, 5.41) is 2.97. The molecular formula is C15H17N5. The number of hydrogen-bond acceptors (Lipinski definition) is 4. The van der Waals surface area contributed by atoms with Crippen molar-refractivity contribution < 1.29 is 0 Å². The van der Waals surface area contributed by atoms with Crippen LogP contribution in [0.15, 0.2) is 24.5 Å². The van der Waals surface area contributed by atoms with Gasteiger partial charge in [-0.05, 0) is 31.5 Å². The molecule has 5 nitrogen and oxygen atoms in total. The van der Waals surface area contributed by atoms with Gasteiger partial charge in [0.1, 0.15) is 0 Å². The van der Waals surface area contributed by atoms with Crippen LogP contribution in [0.5, 0.6) is 0 Å². The highest BCUT2D eigenvalue weighted by Crippen LogP contribution is 2.29. The summed E-state index contributed by atoms with van der Waals surface area (Å²) in [6.07, 6.45) is 3.83. The first-order valence-electron chi connectivity index (χ1n) is 6.54. The van der Waals surface area contributed by atoms with Gasteiger partial charge in [-0.25, -0.2) is 9.97 Å². The average Bonchev–Trinajstić information content (AvgIpc) is 2.76. The minimum Gasteiger partial charge on any atom is -0.357 e. The van der Waals surface area contributed by atoms with Crippen LogP contribution in [-0.2, 0) is 7.05 Å². The Morgan fingerprint density at radius 2 is 2.00 bits per heavy atom. The highest BCUT2D eigenvalue weighted by Gasteiger charge is 2.14. The molecule has 3 heterocycles. The van der Waals surface area contributed by atoms with Gasteiger partial charge in [-0.3, -0.25) is 4.98 Å². The predicted molar refractivity (Wildman–Crippen MR) is 80.8 cm³/mol. The molecule has 3 aromatic rings. The molecule has 0 aliphatic heterocycles. The molecule has 0 aliphatic carbocycles. The molecule has 0 radical (unpaired) electrons. The lowest BCUT2D eigenvalue weighted by atomic mass is 10.1. The number of rotatable bonds is 2. The van der Waals surface area contributed by atoms with E-state index in [9.17, 15) is 0 Å². The van der Waals surface area contributed by atoms with Crippen LogP contribution < -0.4 is 5.32 Å². The fourth-order valence-electron chi connectivity index (χ4n) is 2.60. The van der Waals surface area contributed by atoms with Crippen molar-refractivity contribution in [1.29, 1.82) is 0 Å². The van der Waals surface area contributed by atoms with Crippen LogP contribution in [0, 0.1) is 13.8 Å². The second kappa shape index (κ2) is 4.59. The van der Waals surface area contributed by atoms with Crippen molar-refractivity contribution in [2.45, 2.75) is 13.8 Å². The van der Waals surface area contributed by atoms with Gasteiger partial charge in [0.05, 0.1) is 16.7 Å². The molecule has 5 heteroatoms. The molecule has 0 atom stereocenters. The first-order chi connectivity index (χ1) is 9.60. The van der Waals surface area contributed by atoms with E-state index in [0.717, 1.165) is 28.0 Å². The van der Waals surface area contributed by atoms with Crippen LogP contribution in [-0.4, -0.2) is 26.6 Å². The molecule has 0 fully saturated rings. The zero-order chi connectivity index (χ0) is 14.3. The van der Waals surface area contributed by atoms with Crippen molar-refractivity contribution >= 4 is 17.0 Å². The van der Waals surface area contributed by atoms with E-state index in [1.165, 1.54) is 5.56 Å². The number of aryl methyl sites for hydroxylation is 3. The Hall–Kier alpha value is -2.43. The van der Waals surface area contributed by atoms with Crippen molar-refractivity contribution in [3.63, 3.8) is 0 Å². The summed E-state index contributed by atoms with van der Waals surface area (Å²) in [5.41, 5.74) is 6.30. The lowest BCUT2D eigenvalue weighted by Crippen LogP contribution is -1.96. The Morgan fingerprint density at radius 3 is 2.75 bits per heavy atom. The molecule has 3 aromatic heterocycles. The summed E-state index contributed by atoms with van der Waals surface area (Å²) >= 11 is 0. The van der Waals surface area contributed by atoms with Crippen molar-refractivity contribution in [1.82, 2.24) is 19.5 Å². The molecule has 0 saturated heterocycles. The fraction of sp³-hybridized carbons (Fsp3) is 0.267. The van der Waals surface area contributed by atoms with Crippen LogP contribution >= 0.6 is 0 Å². The van der Waals surface area contributed by atoms with Gasteiger partial charge in [0, 0.05) is 37.7 Å². The fourth-order valence-corrected chi connectivity index (χ4v) is 2.60. The lowest BCUT2D eigenvalue weighted by Gasteiger charge is -2.03. The van der Waals surface area contributed by atoms with Gasteiger partial charge < -0.3 is 9.88 Å². The number of aromatic nitrogens is 4. The van der Waals surface area contributed by atoms with Gasteiger partial charge in [-0.2, -0.15) is 0 Å². The second-order valence-corrected chi connectivity index (χ2v) is 4.95. The van der Waals surface area contributed by atoms with E-state index in [4.69, 9.17) is 0 Å². The molecule has 0 bridgehead atoms. The molecular weight excluding hydrogens is 250 g/mol. The topological polar surface area (TPSA) is 55.6 Å². The Balaban J connectivity index is 2.31. The van der Waals surface area contributed by atoms with E-state index in [2.05, 4.69) is 44.0 Å². The number of pyridine rings is 1. The lowest BCUT2D eigenvalue weighted by molar-refractivity contribution is 0.962. The average molecular weight is 267 g/mol. The Kier molecular flexibility index (Phi) is 2.89. The van der Waals surface area contributed by atoms with Crippen molar-refractivity contribution in [2.75, 3.05) is 12.4 Å². The van der Waals surface area contributed by atoms with Gasteiger partial charge in [-0.1, -0.05) is 0 Å². The van der Waals surface area contributed by atoms with Crippen LogP contribution in [0.2, 0.25) is 0 Å². The molecule has 20 heavy (non-hydrogen) atoms. The Morgan fingerprint density at radius 1 is 1.20 bits per heavy atom. The molecule has 0 aromatic carbocycles. The monoisotopic (exact) mass is 267 g/mol. The molecule has 0 amide bonds. The third kappa shape index (κ3) is 1.91. The highest BCUT2D eigenvalue weighted by atomic mass is 15.1. The van der Waals surface area contributed by atoms with E-state index < -0.39 is 0 Å². The summed E-state index contributed by atoms with van der Waals surface area (Å²) in [6.45, 7) is 4.13. The predicted octanol–water partition coefficient (Wildman–Crippen LogP) is 2.69. The molecule has 3 rings (SSSR count). The SMILES string of the molecule is CNc1nccc(-c2cn(C)c3c(C)cc(C)nc23)n1. The zero-order valence-electron chi connectivity index (χ0n) is 12.1. The minimum absolute atomic E-state index is 0.615. The maximum absolute atomic E-state index is 4.69. The van der Waals surface area contributed by atoms with Crippen molar-refractivity contribution in [2.24, 2.45) is 7.05 Å². The maximum Gasteiger partial charge on any atom is 0.222 e. The van der Waals surface area contributed by atoms with Crippen LogP contribution in [0.25, 0.3) is 22.3 Å². The largest absolute Gasteiger partial charge is 0.357 e. The van der Waals surface area contributed by atoms with E-state index in [0.29, 0.717) is 5.95 Å². The van der Waals surface area contributed by atoms with E-state index >= 15 is 0 Å². The molecule has 102 valence electrons. The summed E-state index contributed by atoms with van der Waals surface area (Å²) in [7, 11) is 3.85. The number of nitrogens with one attached hydrogen (secondary N) is 1. The molecule has 0 unspecified atom stereocenters. The second-order valence-electron chi connectivity index (χ2n) is 4.95. The summed E-state index contributed by atoms with van der Waals surface area (Å²) in [6, 6.07) is 4.01. The smallest absolute Gasteiger partial charge is 0.222 e. The van der Waals surface area contributed by atoms with Gasteiger partial charge in [0.15, 0.2) is 0 Å². The third-order valence-corrected chi connectivity index (χ3v) is 3.40. The standard InChI is InChI=1S/C15H17N5/c1-9-7-10(2)18-13-11(8-20(4)14(9)13)12-5-6-17-15(16-3)19-12/h5-8H,1-4H3,(H,16,17,19). The third-order valence-electron chi connectivity index (χ3n) is 3.40. The van der Waals surface area contributed by atoms with Gasteiger partial charge >= 0.3 is 0 Å². The number of nitrogens with zero attached hydrogens (tertiary/aromatic N) is 4. The Labute approximate surface area is 117 Å². The van der Waals surface area contributed by atoms with E-state index in [-0.39, 0.29) is 0 Å². The quantitative estimate of drug-likeness (QED) is 0.775. The van der Waals surface area contributed by atoms with Crippen LogP contribution in [0.3, 0.4) is 0 Å². The van der Waals surface area contributed by atoms with Crippen LogP contribution in [0.1, 0.15) is 11.3 Å². The normalized spacial score (nSPS) is 11.0. The van der Waals surface area contributed by atoms with Gasteiger partial charge in [0.2, 0.25) is 5.95 Å². The number of fused-ring (bicyclic) bond motifs is 1. The summed E-state index contributed by atoms with van der Waals surface area (Å²) in [5.74, 6) is 0.615. The number of hydrogen-bond donors (Lipinski definition) is 1. The first-order valence-corrected chi connectivity index (χ1v) is 6.54. The zero-order valence-corrected chi connectivity index (χ0v) is 12.1. The minimum atomic E-state index is 0.615. The van der Waals surface area contributed by atoms with E-state index in [1.807, 2.05) is 27.1 Å². The molecule has 0 aliphatic rings. The number of anilines is 1. The molecule has 0 spiro atoms. The van der Waals surface area contributed by atoms with E-state index in [1.54, 1.807) is 6.20 Å². The highest BCUT2D eigenvalue weighted by molar-refractivity contribution is 5.93. The molecule has 1 N–H and O–H groups in total. The van der Waals surface area contributed by atoms with Crippen molar-refractivity contribution in [3.8, 4) is 11.3 Å². The summed E-state index contributed by atoms with van der Waals surface area (Å²) < 4.78 is 2.10. The first kappa shape index (κ1) is 12.6. The molecule has 0 saturated carbocycles. The van der Waals surface area contributed by atoms with Gasteiger partial charge in [0.25, 0.3) is 0 Å². The van der Waals surface area contributed by atoms with Gasteiger partial charge in [-0.15, -0.1) is 0 Å². The van der Waals surface area contributed by atoms with Crippen LogP contribution in [0.4, 0.5) is 5.95 Å². The van der Waals surface area contributed by atoms with Crippen molar-refractivity contribution in [3.05, 3.63) is 35.8 Å². The summed E-state index contributed by atoms with van der Waals surface area (Å²) in [4.78, 5) is 13.4. The Bertz CT molecular complexity index is 788.